The van der Waals surface area contributed by atoms with Crippen molar-refractivity contribution in [1.82, 2.24) is 0 Å². The Bertz CT molecular complexity index is 413. The van der Waals surface area contributed by atoms with Gasteiger partial charge in [-0.25, -0.2) is 0 Å². The first kappa shape index (κ1) is 34.0. The summed E-state index contributed by atoms with van der Waals surface area (Å²) in [6, 6.07) is 0. The van der Waals surface area contributed by atoms with E-state index in [-0.39, 0.29) is 13.0 Å². The zero-order chi connectivity index (χ0) is 25.0. The van der Waals surface area contributed by atoms with Crippen LogP contribution in [0.15, 0.2) is 0 Å². The Labute approximate surface area is 203 Å². The second-order valence-electron chi connectivity index (χ2n) is 9.24. The van der Waals surface area contributed by atoms with E-state index in [4.69, 9.17) is 20.4 Å². The molecule has 0 saturated carbocycles. The highest BCUT2D eigenvalue weighted by atomic mass is 16.4. The molecule has 0 spiro atoms. The molecule has 33 heavy (non-hydrogen) atoms. The zero-order valence-electron chi connectivity index (χ0n) is 21.4. The lowest BCUT2D eigenvalue weighted by atomic mass is 10.0. The molecule has 0 aliphatic heterocycles. The maximum Gasteiger partial charge on any atom is 0.308 e. The van der Waals surface area contributed by atoms with E-state index in [1.807, 2.05) is 0 Å². The van der Waals surface area contributed by atoms with Gasteiger partial charge in [0, 0.05) is 13.0 Å². The molecule has 0 aromatic heterocycles. The van der Waals surface area contributed by atoms with Crippen LogP contribution in [0.5, 0.6) is 0 Å². The summed E-state index contributed by atoms with van der Waals surface area (Å²) < 4.78 is 0. The average molecular weight is 475 g/mol. The number of unbranched alkanes of at least 4 members (excludes halogenated alkanes) is 18. The van der Waals surface area contributed by atoms with Crippen LogP contribution in [-0.2, 0) is 9.59 Å². The molecule has 0 fully saturated rings. The van der Waals surface area contributed by atoms with E-state index in [1.165, 1.54) is 109 Å². The highest BCUT2D eigenvalue weighted by molar-refractivity contribution is 5.70. The van der Waals surface area contributed by atoms with E-state index in [0.29, 0.717) is 6.42 Å². The smallest absolute Gasteiger partial charge is 0.308 e. The van der Waals surface area contributed by atoms with Gasteiger partial charge in [-0.1, -0.05) is 122 Å². The molecule has 198 valence electrons. The van der Waals surface area contributed by atoms with Crippen LogP contribution in [0.25, 0.3) is 0 Å². The third kappa shape index (κ3) is 30.9. The molecule has 6 nitrogen and oxygen atoms in total. The summed E-state index contributed by atoms with van der Waals surface area (Å²) in [4.78, 5) is 20.4. The molecule has 1 unspecified atom stereocenters. The number of aliphatic carboxylic acids is 2. The Morgan fingerprint density at radius 2 is 0.909 bits per heavy atom. The molecule has 4 N–H and O–H groups in total. The van der Waals surface area contributed by atoms with Crippen LogP contribution in [0, 0.1) is 5.92 Å². The number of carboxylic acids is 2. The summed E-state index contributed by atoms with van der Waals surface area (Å²) >= 11 is 0. The Morgan fingerprint density at radius 1 is 0.576 bits per heavy atom. The number of carbonyl (C=O) groups is 2. The molecule has 0 aromatic carbocycles. The standard InChI is InChI=1S/C22H44O2.C5H10O4/c1-2-3-4-5-6-7-8-9-10-11-12-13-14-15-16-17-18-19-20-21-22(23)24;6-2-1-4(3-7)5(8)9/h2-21H2,1H3,(H,23,24);4,6-7H,1-3H2,(H,8,9). The minimum absolute atomic E-state index is 0.117. The molecule has 0 amide bonds. The molecule has 0 rings (SSSR count). The monoisotopic (exact) mass is 474 g/mol. The van der Waals surface area contributed by atoms with Crippen molar-refractivity contribution < 1.29 is 30.0 Å². The van der Waals surface area contributed by atoms with Crippen LogP contribution in [-0.4, -0.2) is 45.6 Å². The fraction of sp³-hybridized carbons (Fsp3) is 0.926. The minimum Gasteiger partial charge on any atom is -0.481 e. The zero-order valence-corrected chi connectivity index (χ0v) is 21.4. The highest BCUT2D eigenvalue weighted by Gasteiger charge is 2.14. The molecule has 6 heteroatoms. The van der Waals surface area contributed by atoms with E-state index in [9.17, 15) is 9.59 Å². The molecule has 1 atom stereocenters. The molecule has 0 aliphatic carbocycles. The Kier molecular flexibility index (Phi) is 29.8. The topological polar surface area (TPSA) is 115 Å². The first-order valence-corrected chi connectivity index (χ1v) is 13.7. The van der Waals surface area contributed by atoms with Crippen molar-refractivity contribution in [2.45, 2.75) is 142 Å². The van der Waals surface area contributed by atoms with Crippen LogP contribution >= 0.6 is 0 Å². The maximum absolute atomic E-state index is 10.4. The normalized spacial score (nSPS) is 11.6. The Morgan fingerprint density at radius 3 is 1.12 bits per heavy atom. The highest BCUT2D eigenvalue weighted by Crippen LogP contribution is 2.14. The first-order chi connectivity index (χ1) is 16.0. The van der Waals surface area contributed by atoms with Crippen LogP contribution in [0.1, 0.15) is 142 Å². The lowest BCUT2D eigenvalue weighted by Gasteiger charge is -2.04. The Balaban J connectivity index is 0. The average Bonchev–Trinajstić information content (AvgIpc) is 2.79. The van der Waals surface area contributed by atoms with E-state index >= 15 is 0 Å². The Hall–Kier alpha value is -1.14. The van der Waals surface area contributed by atoms with Gasteiger partial charge >= 0.3 is 11.9 Å². The van der Waals surface area contributed by atoms with E-state index in [1.54, 1.807) is 0 Å². The second-order valence-corrected chi connectivity index (χ2v) is 9.24. The van der Waals surface area contributed by atoms with Crippen LogP contribution in [0.3, 0.4) is 0 Å². The summed E-state index contributed by atoms with van der Waals surface area (Å²) in [7, 11) is 0. The van der Waals surface area contributed by atoms with Crippen LogP contribution in [0.2, 0.25) is 0 Å². The van der Waals surface area contributed by atoms with Crippen LogP contribution < -0.4 is 0 Å². The summed E-state index contributed by atoms with van der Waals surface area (Å²) in [5.41, 5.74) is 0. The molecule has 0 bridgehead atoms. The van der Waals surface area contributed by atoms with Gasteiger partial charge in [0.05, 0.1) is 12.5 Å². The number of rotatable bonds is 24. The van der Waals surface area contributed by atoms with Crippen molar-refractivity contribution in [3.8, 4) is 0 Å². The number of carboxylic acid groups (broad SMARTS) is 2. The third-order valence-corrected chi connectivity index (χ3v) is 6.04. The largest absolute Gasteiger partial charge is 0.481 e. The quantitative estimate of drug-likeness (QED) is 0.112. The second kappa shape index (κ2) is 28.9. The molecular weight excluding hydrogens is 420 g/mol. The summed E-state index contributed by atoms with van der Waals surface area (Å²) in [6.45, 7) is 1.68. The fourth-order valence-corrected chi connectivity index (χ4v) is 3.80. The molecular formula is C27H54O6. The van der Waals surface area contributed by atoms with Crippen molar-refractivity contribution in [1.29, 1.82) is 0 Å². The molecule has 0 radical (unpaired) electrons. The molecule has 0 aliphatic rings. The van der Waals surface area contributed by atoms with E-state index in [0.717, 1.165) is 12.8 Å². The predicted octanol–water partition coefficient (Wildman–Crippen LogP) is 6.95. The van der Waals surface area contributed by atoms with E-state index in [2.05, 4.69) is 6.92 Å². The van der Waals surface area contributed by atoms with Gasteiger partial charge in [-0.2, -0.15) is 0 Å². The number of aliphatic hydroxyl groups is 2. The molecule has 0 heterocycles. The van der Waals surface area contributed by atoms with Gasteiger partial charge in [0.2, 0.25) is 0 Å². The number of hydrogen-bond donors (Lipinski definition) is 4. The first-order valence-electron chi connectivity index (χ1n) is 13.7. The lowest BCUT2D eigenvalue weighted by Crippen LogP contribution is -2.18. The van der Waals surface area contributed by atoms with Crippen molar-refractivity contribution in [3.05, 3.63) is 0 Å². The van der Waals surface area contributed by atoms with Gasteiger partial charge in [-0.05, 0) is 12.8 Å². The van der Waals surface area contributed by atoms with Crippen LogP contribution in [0.4, 0.5) is 0 Å². The van der Waals surface area contributed by atoms with Gasteiger partial charge in [-0.15, -0.1) is 0 Å². The third-order valence-electron chi connectivity index (χ3n) is 6.04. The fourth-order valence-electron chi connectivity index (χ4n) is 3.80. The summed E-state index contributed by atoms with van der Waals surface area (Å²) in [5, 5.41) is 33.4. The van der Waals surface area contributed by atoms with Gasteiger partial charge < -0.3 is 20.4 Å². The van der Waals surface area contributed by atoms with Gasteiger partial charge in [0.1, 0.15) is 0 Å². The molecule has 0 aromatic rings. The minimum atomic E-state index is -1.06. The number of aliphatic hydroxyl groups excluding tert-OH is 2. The van der Waals surface area contributed by atoms with Crippen molar-refractivity contribution in [2.75, 3.05) is 13.2 Å². The van der Waals surface area contributed by atoms with Crippen molar-refractivity contribution in [2.24, 2.45) is 5.92 Å². The van der Waals surface area contributed by atoms with Crippen molar-refractivity contribution >= 4 is 11.9 Å². The predicted molar refractivity (Wildman–Crippen MR) is 136 cm³/mol. The molecule has 0 saturated heterocycles. The summed E-state index contributed by atoms with van der Waals surface area (Å²) in [6.07, 6.45) is 26.2. The maximum atomic E-state index is 10.4. The van der Waals surface area contributed by atoms with Crippen molar-refractivity contribution in [3.63, 3.8) is 0 Å². The van der Waals surface area contributed by atoms with Gasteiger partial charge in [0.15, 0.2) is 0 Å². The SMILES string of the molecule is CCCCCCCCCCCCCCCCCCCCCC(=O)O.O=C(O)C(CO)CCO. The number of hydrogen-bond acceptors (Lipinski definition) is 4. The van der Waals surface area contributed by atoms with Gasteiger partial charge in [-0.3, -0.25) is 9.59 Å². The van der Waals surface area contributed by atoms with Gasteiger partial charge in [0.25, 0.3) is 0 Å². The lowest BCUT2D eigenvalue weighted by molar-refractivity contribution is -0.143. The summed E-state index contributed by atoms with van der Waals surface area (Å²) in [5.74, 6) is -2.52. The van der Waals surface area contributed by atoms with E-state index < -0.39 is 24.5 Å².